The molecule has 2 fully saturated rings. The van der Waals surface area contributed by atoms with E-state index in [2.05, 4.69) is 28.4 Å². The summed E-state index contributed by atoms with van der Waals surface area (Å²) >= 11 is 0. The summed E-state index contributed by atoms with van der Waals surface area (Å²) < 4.78 is 5.27. The number of methoxy groups -OCH3 is 1. The highest BCUT2D eigenvalue weighted by atomic mass is 16.5. The number of rotatable bonds is 2. The first kappa shape index (κ1) is 9.97. The van der Waals surface area contributed by atoms with Gasteiger partial charge in [-0.2, -0.15) is 0 Å². The molecule has 2 saturated heterocycles. The van der Waals surface area contributed by atoms with Crippen LogP contribution in [0.5, 0.6) is 5.75 Å². The fraction of sp³-hybridized carbons (Fsp3) is 0.538. The lowest BCUT2D eigenvalue weighted by molar-refractivity contribution is 0.200. The molecule has 0 radical (unpaired) electrons. The average Bonchev–Trinajstić information content (AvgIpc) is 2.74. The van der Waals surface area contributed by atoms with Gasteiger partial charge in [0.1, 0.15) is 5.75 Å². The smallest absolute Gasteiger partial charge is 0.120 e. The summed E-state index contributed by atoms with van der Waals surface area (Å²) in [6.45, 7) is 4.74. The molecule has 2 heterocycles. The Bertz CT molecular complexity index is 387. The molecule has 1 N–H and O–H groups in total. The summed E-state index contributed by atoms with van der Waals surface area (Å²) in [4.78, 5) is 2.48. The van der Waals surface area contributed by atoms with Gasteiger partial charge in [-0.1, -0.05) is 6.07 Å². The van der Waals surface area contributed by atoms with E-state index in [0.29, 0.717) is 5.41 Å². The predicted octanol–water partition coefficient (Wildman–Crippen LogP) is 1.49. The zero-order valence-electron chi connectivity index (χ0n) is 9.70. The fourth-order valence-electron chi connectivity index (χ4n) is 2.73. The van der Waals surface area contributed by atoms with Gasteiger partial charge in [0, 0.05) is 43.3 Å². The maximum absolute atomic E-state index is 5.27. The molecule has 3 rings (SSSR count). The second kappa shape index (κ2) is 3.67. The van der Waals surface area contributed by atoms with Crippen molar-refractivity contribution in [3.8, 4) is 5.75 Å². The summed E-state index contributed by atoms with van der Waals surface area (Å²) in [6, 6.07) is 8.37. The summed E-state index contributed by atoms with van der Waals surface area (Å²) in [6.07, 6.45) is 1.32. The lowest BCUT2D eigenvalue weighted by atomic mass is 9.81. The number of benzene rings is 1. The van der Waals surface area contributed by atoms with Crippen molar-refractivity contribution in [2.75, 3.05) is 38.2 Å². The number of nitrogens with one attached hydrogen (secondary N) is 1. The molecule has 0 aromatic heterocycles. The van der Waals surface area contributed by atoms with Crippen LogP contribution in [0.2, 0.25) is 0 Å². The van der Waals surface area contributed by atoms with E-state index in [0.717, 1.165) is 5.75 Å². The van der Waals surface area contributed by atoms with Crippen molar-refractivity contribution in [1.82, 2.24) is 5.32 Å². The van der Waals surface area contributed by atoms with Gasteiger partial charge in [0.05, 0.1) is 7.11 Å². The van der Waals surface area contributed by atoms with Crippen LogP contribution >= 0.6 is 0 Å². The topological polar surface area (TPSA) is 24.5 Å². The van der Waals surface area contributed by atoms with Crippen LogP contribution in [0.4, 0.5) is 5.69 Å². The van der Waals surface area contributed by atoms with E-state index in [4.69, 9.17) is 4.74 Å². The molecule has 0 atom stereocenters. The first-order chi connectivity index (χ1) is 7.81. The SMILES string of the molecule is COc1cccc(N2CCC3(CNC3)C2)c1. The first-order valence-corrected chi connectivity index (χ1v) is 5.91. The van der Waals surface area contributed by atoms with Crippen LogP contribution in [-0.4, -0.2) is 33.3 Å². The molecule has 86 valence electrons. The lowest BCUT2D eigenvalue weighted by Gasteiger charge is -2.39. The maximum Gasteiger partial charge on any atom is 0.120 e. The molecular weight excluding hydrogens is 200 g/mol. The number of anilines is 1. The third-order valence-corrected chi connectivity index (χ3v) is 3.86. The molecule has 0 bridgehead atoms. The first-order valence-electron chi connectivity index (χ1n) is 5.91. The van der Waals surface area contributed by atoms with Crippen LogP contribution in [0, 0.1) is 5.41 Å². The van der Waals surface area contributed by atoms with Crippen molar-refractivity contribution in [2.24, 2.45) is 5.41 Å². The number of hydrogen-bond donors (Lipinski definition) is 1. The van der Waals surface area contributed by atoms with Crippen LogP contribution < -0.4 is 15.0 Å². The van der Waals surface area contributed by atoms with E-state index in [-0.39, 0.29) is 0 Å². The van der Waals surface area contributed by atoms with Crippen molar-refractivity contribution in [3.05, 3.63) is 24.3 Å². The molecule has 1 spiro atoms. The highest BCUT2D eigenvalue weighted by Crippen LogP contribution is 2.37. The summed E-state index contributed by atoms with van der Waals surface area (Å²) in [5, 5.41) is 3.39. The van der Waals surface area contributed by atoms with Gasteiger partial charge in [0.15, 0.2) is 0 Å². The van der Waals surface area contributed by atoms with Gasteiger partial charge in [-0.25, -0.2) is 0 Å². The summed E-state index contributed by atoms with van der Waals surface area (Å²) in [5.74, 6) is 0.949. The molecule has 1 aromatic rings. The Labute approximate surface area is 96.4 Å². The molecule has 0 saturated carbocycles. The van der Waals surface area contributed by atoms with Crippen molar-refractivity contribution in [1.29, 1.82) is 0 Å². The van der Waals surface area contributed by atoms with Crippen LogP contribution in [0.3, 0.4) is 0 Å². The van der Waals surface area contributed by atoms with Crippen molar-refractivity contribution >= 4 is 5.69 Å². The van der Waals surface area contributed by atoms with Crippen molar-refractivity contribution in [3.63, 3.8) is 0 Å². The second-order valence-electron chi connectivity index (χ2n) is 4.98. The second-order valence-corrected chi connectivity index (χ2v) is 4.98. The zero-order valence-corrected chi connectivity index (χ0v) is 9.70. The lowest BCUT2D eigenvalue weighted by Crippen LogP contribution is -2.54. The molecule has 2 aliphatic rings. The molecule has 0 unspecified atom stereocenters. The zero-order chi connectivity index (χ0) is 11.0. The summed E-state index contributed by atoms with van der Waals surface area (Å²) in [5.41, 5.74) is 1.85. The monoisotopic (exact) mass is 218 g/mol. The van der Waals surface area contributed by atoms with E-state index < -0.39 is 0 Å². The van der Waals surface area contributed by atoms with Crippen LogP contribution in [0.25, 0.3) is 0 Å². The van der Waals surface area contributed by atoms with Crippen LogP contribution in [0.15, 0.2) is 24.3 Å². The Kier molecular flexibility index (Phi) is 2.28. The van der Waals surface area contributed by atoms with Crippen LogP contribution in [0.1, 0.15) is 6.42 Å². The molecule has 3 nitrogen and oxygen atoms in total. The average molecular weight is 218 g/mol. The van der Waals surface area contributed by atoms with Crippen LogP contribution in [-0.2, 0) is 0 Å². The maximum atomic E-state index is 5.27. The Balaban J connectivity index is 1.77. The van der Waals surface area contributed by atoms with Gasteiger partial charge >= 0.3 is 0 Å². The molecule has 1 aromatic carbocycles. The van der Waals surface area contributed by atoms with E-state index >= 15 is 0 Å². The minimum atomic E-state index is 0.559. The molecular formula is C13H18N2O. The fourth-order valence-corrected chi connectivity index (χ4v) is 2.73. The predicted molar refractivity (Wildman–Crippen MR) is 65.1 cm³/mol. The van der Waals surface area contributed by atoms with Gasteiger partial charge in [-0.05, 0) is 18.6 Å². The van der Waals surface area contributed by atoms with E-state index in [9.17, 15) is 0 Å². The minimum absolute atomic E-state index is 0.559. The number of ether oxygens (including phenoxy) is 1. The quantitative estimate of drug-likeness (QED) is 0.814. The Morgan fingerprint density at radius 3 is 2.88 bits per heavy atom. The van der Waals surface area contributed by atoms with Crippen molar-refractivity contribution < 1.29 is 4.74 Å². The van der Waals surface area contributed by atoms with Crippen molar-refractivity contribution in [2.45, 2.75) is 6.42 Å². The van der Waals surface area contributed by atoms with E-state index in [1.54, 1.807) is 7.11 Å². The largest absolute Gasteiger partial charge is 0.497 e. The summed E-state index contributed by atoms with van der Waals surface area (Å²) in [7, 11) is 1.72. The Morgan fingerprint density at radius 1 is 1.38 bits per heavy atom. The van der Waals surface area contributed by atoms with Gasteiger partial charge in [0.2, 0.25) is 0 Å². The highest BCUT2D eigenvalue weighted by molar-refractivity contribution is 5.52. The van der Waals surface area contributed by atoms with Gasteiger partial charge in [-0.3, -0.25) is 0 Å². The third-order valence-electron chi connectivity index (χ3n) is 3.86. The normalized spacial score (nSPS) is 22.2. The number of hydrogen-bond acceptors (Lipinski definition) is 3. The molecule has 0 amide bonds. The number of nitrogens with zero attached hydrogens (tertiary/aromatic N) is 1. The minimum Gasteiger partial charge on any atom is -0.497 e. The van der Waals surface area contributed by atoms with E-state index in [1.165, 1.54) is 38.3 Å². The standard InChI is InChI=1S/C13H18N2O/c1-16-12-4-2-3-11(7-12)15-6-5-13(10-15)8-14-9-13/h2-4,7,14H,5-6,8-10H2,1H3. The molecule has 16 heavy (non-hydrogen) atoms. The molecule has 0 aliphatic carbocycles. The Morgan fingerprint density at radius 2 is 2.25 bits per heavy atom. The highest BCUT2D eigenvalue weighted by Gasteiger charge is 2.42. The molecule has 3 heteroatoms. The Hall–Kier alpha value is -1.22. The van der Waals surface area contributed by atoms with Gasteiger partial charge in [0.25, 0.3) is 0 Å². The van der Waals surface area contributed by atoms with Gasteiger partial charge in [-0.15, -0.1) is 0 Å². The molecule has 2 aliphatic heterocycles. The van der Waals surface area contributed by atoms with Gasteiger partial charge < -0.3 is 15.0 Å². The van der Waals surface area contributed by atoms with E-state index in [1.807, 2.05) is 6.07 Å². The third kappa shape index (κ3) is 1.55.